The highest BCUT2D eigenvalue weighted by Crippen LogP contribution is 2.21. The molecule has 1 aliphatic rings. The molecule has 0 radical (unpaired) electrons. The topological polar surface area (TPSA) is 76.4 Å². The maximum absolute atomic E-state index is 12.0. The van der Waals surface area contributed by atoms with Crippen molar-refractivity contribution in [2.75, 3.05) is 24.6 Å². The Hall–Kier alpha value is -2.06. The van der Waals surface area contributed by atoms with Crippen LogP contribution in [0.3, 0.4) is 0 Å². The summed E-state index contributed by atoms with van der Waals surface area (Å²) in [4.78, 5) is 14.0. The molecule has 1 saturated heterocycles. The number of nitrogens with zero attached hydrogens (tertiary/aromatic N) is 2. The second-order valence-corrected chi connectivity index (χ2v) is 4.53. The van der Waals surface area contributed by atoms with Crippen molar-refractivity contribution in [1.82, 2.24) is 5.32 Å². The van der Waals surface area contributed by atoms with Crippen LogP contribution in [0, 0.1) is 11.3 Å². The van der Waals surface area contributed by atoms with E-state index in [4.69, 9.17) is 10.4 Å². The summed E-state index contributed by atoms with van der Waals surface area (Å²) >= 11 is 0. The van der Waals surface area contributed by atoms with Crippen molar-refractivity contribution in [3.05, 3.63) is 29.8 Å². The van der Waals surface area contributed by atoms with Crippen LogP contribution in [0.15, 0.2) is 24.3 Å². The summed E-state index contributed by atoms with van der Waals surface area (Å²) in [7, 11) is 0. The summed E-state index contributed by atoms with van der Waals surface area (Å²) in [5.41, 5.74) is 1.43. The van der Waals surface area contributed by atoms with Gasteiger partial charge in [0, 0.05) is 25.4 Å². The molecule has 1 atom stereocenters. The van der Waals surface area contributed by atoms with Gasteiger partial charge in [-0.1, -0.05) is 6.07 Å². The van der Waals surface area contributed by atoms with Gasteiger partial charge in [0.15, 0.2) is 0 Å². The van der Waals surface area contributed by atoms with Crippen LogP contribution >= 0.6 is 0 Å². The number of carbonyl (C=O) groups is 1. The van der Waals surface area contributed by atoms with E-state index in [2.05, 4.69) is 11.4 Å². The Kier molecular flexibility index (Phi) is 4.37. The summed E-state index contributed by atoms with van der Waals surface area (Å²) in [5.74, 6) is -0.0612. The van der Waals surface area contributed by atoms with Gasteiger partial charge in [-0.3, -0.25) is 4.79 Å². The Morgan fingerprint density at radius 1 is 1.53 bits per heavy atom. The molecule has 1 aromatic carbocycles. The van der Waals surface area contributed by atoms with Crippen molar-refractivity contribution in [1.29, 1.82) is 5.26 Å². The fourth-order valence-corrected chi connectivity index (χ4v) is 2.35. The molecule has 1 aliphatic heterocycles. The average molecular weight is 259 g/mol. The van der Waals surface area contributed by atoms with E-state index in [1.165, 1.54) is 0 Å². The Bertz CT molecular complexity index is 496. The lowest BCUT2D eigenvalue weighted by Gasteiger charge is -2.30. The van der Waals surface area contributed by atoms with Crippen LogP contribution in [-0.4, -0.2) is 36.8 Å². The molecule has 1 fully saturated rings. The van der Waals surface area contributed by atoms with Crippen LogP contribution in [0.25, 0.3) is 0 Å². The Morgan fingerprint density at radius 3 is 3.11 bits per heavy atom. The van der Waals surface area contributed by atoms with Crippen molar-refractivity contribution in [3.8, 4) is 6.07 Å². The lowest BCUT2D eigenvalue weighted by molar-refractivity contribution is -0.122. The van der Waals surface area contributed by atoms with Gasteiger partial charge >= 0.3 is 0 Å². The van der Waals surface area contributed by atoms with Crippen LogP contribution in [-0.2, 0) is 4.79 Å². The van der Waals surface area contributed by atoms with Crippen LogP contribution in [0.2, 0.25) is 0 Å². The Labute approximate surface area is 112 Å². The summed E-state index contributed by atoms with van der Waals surface area (Å²) < 4.78 is 0. The molecule has 0 aliphatic carbocycles. The summed E-state index contributed by atoms with van der Waals surface area (Å²) in [6.45, 7) is 1.35. The second-order valence-electron chi connectivity index (χ2n) is 4.53. The standard InChI is InChI=1S/C14H17N3O2/c15-10-11-3-1-4-12(9-11)17-7-2-6-16-14(19)13(17)5-8-18/h1,3-4,9,13,18H,2,5-8H2,(H,16,19). The lowest BCUT2D eigenvalue weighted by atomic mass is 10.1. The maximum atomic E-state index is 12.0. The largest absolute Gasteiger partial charge is 0.396 e. The molecule has 0 bridgehead atoms. The number of hydrogen-bond donors (Lipinski definition) is 2. The van der Waals surface area contributed by atoms with Gasteiger partial charge in [-0.2, -0.15) is 5.26 Å². The number of anilines is 1. The highest BCUT2D eigenvalue weighted by Gasteiger charge is 2.27. The third-order valence-corrected chi connectivity index (χ3v) is 3.26. The van der Waals surface area contributed by atoms with Gasteiger partial charge in [-0.05, 0) is 31.0 Å². The van der Waals surface area contributed by atoms with Crippen molar-refractivity contribution < 1.29 is 9.90 Å². The van der Waals surface area contributed by atoms with E-state index >= 15 is 0 Å². The van der Waals surface area contributed by atoms with E-state index in [0.717, 1.165) is 18.7 Å². The summed E-state index contributed by atoms with van der Waals surface area (Å²) in [5, 5.41) is 20.9. The number of aliphatic hydroxyl groups excluding tert-OH is 1. The zero-order valence-electron chi connectivity index (χ0n) is 10.7. The van der Waals surface area contributed by atoms with E-state index in [0.29, 0.717) is 18.5 Å². The van der Waals surface area contributed by atoms with Crippen molar-refractivity contribution in [2.45, 2.75) is 18.9 Å². The molecule has 0 aromatic heterocycles. The highest BCUT2D eigenvalue weighted by atomic mass is 16.3. The first kappa shape index (κ1) is 13.4. The van der Waals surface area contributed by atoms with E-state index in [1.54, 1.807) is 12.1 Å². The quantitative estimate of drug-likeness (QED) is 0.835. The van der Waals surface area contributed by atoms with E-state index < -0.39 is 0 Å². The number of nitriles is 1. The minimum Gasteiger partial charge on any atom is -0.396 e. The Balaban J connectivity index is 2.31. The van der Waals surface area contributed by atoms with Crippen LogP contribution in [0.5, 0.6) is 0 Å². The molecule has 2 rings (SSSR count). The minimum atomic E-state index is -0.374. The normalized spacial score (nSPS) is 19.5. The minimum absolute atomic E-state index is 0.0352. The average Bonchev–Trinajstić information content (AvgIpc) is 2.62. The predicted octanol–water partition coefficient (Wildman–Crippen LogP) is 0.636. The van der Waals surface area contributed by atoms with Gasteiger partial charge in [0.05, 0.1) is 11.6 Å². The number of hydrogen-bond acceptors (Lipinski definition) is 4. The number of rotatable bonds is 3. The predicted molar refractivity (Wildman–Crippen MR) is 71.6 cm³/mol. The third-order valence-electron chi connectivity index (χ3n) is 3.26. The molecule has 1 amide bonds. The van der Waals surface area contributed by atoms with Crippen molar-refractivity contribution in [2.24, 2.45) is 0 Å². The first-order valence-corrected chi connectivity index (χ1v) is 6.41. The first-order chi connectivity index (χ1) is 9.26. The fraction of sp³-hybridized carbons (Fsp3) is 0.429. The van der Waals surface area contributed by atoms with Gasteiger partial charge in [-0.15, -0.1) is 0 Å². The van der Waals surface area contributed by atoms with Gasteiger partial charge < -0.3 is 15.3 Å². The van der Waals surface area contributed by atoms with Gasteiger partial charge in [-0.25, -0.2) is 0 Å². The SMILES string of the molecule is N#Cc1cccc(N2CCCNC(=O)C2CCO)c1. The number of benzene rings is 1. The molecular weight excluding hydrogens is 242 g/mol. The number of nitrogens with one attached hydrogen (secondary N) is 1. The summed E-state index contributed by atoms with van der Waals surface area (Å²) in [6.07, 6.45) is 1.24. The van der Waals surface area contributed by atoms with Crippen molar-refractivity contribution >= 4 is 11.6 Å². The maximum Gasteiger partial charge on any atom is 0.242 e. The zero-order valence-corrected chi connectivity index (χ0v) is 10.7. The third kappa shape index (κ3) is 3.04. The van der Waals surface area contributed by atoms with Crippen LogP contribution in [0.1, 0.15) is 18.4 Å². The number of aliphatic hydroxyl groups is 1. The molecule has 1 unspecified atom stereocenters. The monoisotopic (exact) mass is 259 g/mol. The molecule has 1 heterocycles. The van der Waals surface area contributed by atoms with E-state index in [-0.39, 0.29) is 18.6 Å². The lowest BCUT2D eigenvalue weighted by Crippen LogP contribution is -2.45. The molecule has 0 spiro atoms. The van der Waals surface area contributed by atoms with Gasteiger partial charge in [0.2, 0.25) is 5.91 Å². The fourth-order valence-electron chi connectivity index (χ4n) is 2.35. The molecule has 5 nitrogen and oxygen atoms in total. The van der Waals surface area contributed by atoms with Crippen molar-refractivity contribution in [3.63, 3.8) is 0 Å². The molecular formula is C14H17N3O2. The number of amides is 1. The molecule has 100 valence electrons. The molecule has 19 heavy (non-hydrogen) atoms. The zero-order chi connectivity index (χ0) is 13.7. The second kappa shape index (κ2) is 6.21. The first-order valence-electron chi connectivity index (χ1n) is 6.41. The van der Waals surface area contributed by atoms with E-state index in [1.807, 2.05) is 17.0 Å². The Morgan fingerprint density at radius 2 is 2.37 bits per heavy atom. The van der Waals surface area contributed by atoms with Gasteiger partial charge in [0.1, 0.15) is 6.04 Å². The summed E-state index contributed by atoms with van der Waals surface area (Å²) in [6, 6.07) is 8.95. The van der Waals surface area contributed by atoms with Gasteiger partial charge in [0.25, 0.3) is 0 Å². The highest BCUT2D eigenvalue weighted by molar-refractivity contribution is 5.85. The molecule has 2 N–H and O–H groups in total. The smallest absolute Gasteiger partial charge is 0.242 e. The molecule has 0 saturated carbocycles. The number of carbonyl (C=O) groups excluding carboxylic acids is 1. The van der Waals surface area contributed by atoms with Crippen LogP contribution in [0.4, 0.5) is 5.69 Å². The molecule has 1 aromatic rings. The van der Waals surface area contributed by atoms with Crippen LogP contribution < -0.4 is 10.2 Å². The van der Waals surface area contributed by atoms with E-state index in [9.17, 15) is 4.79 Å². The molecule has 5 heteroatoms.